The fourth-order valence-electron chi connectivity index (χ4n) is 2.03. The van der Waals surface area contributed by atoms with Crippen LogP contribution in [0, 0.1) is 0 Å². The molecule has 5 nitrogen and oxygen atoms in total. The van der Waals surface area contributed by atoms with E-state index in [0.29, 0.717) is 10.7 Å². The summed E-state index contributed by atoms with van der Waals surface area (Å²) >= 11 is 5.91. The summed E-state index contributed by atoms with van der Waals surface area (Å²) in [5, 5.41) is 7.20. The van der Waals surface area contributed by atoms with E-state index in [1.54, 1.807) is 7.05 Å². The Kier molecular flexibility index (Phi) is 3.69. The number of rotatable bonds is 3. The van der Waals surface area contributed by atoms with E-state index in [-0.39, 0.29) is 18.1 Å². The molecule has 2 atom stereocenters. The van der Waals surface area contributed by atoms with Gasteiger partial charge in [-0.2, -0.15) is 5.10 Å². The fraction of sp³-hybridized carbons (Fsp3) is 0.636. The second-order valence-corrected chi connectivity index (χ2v) is 4.69. The van der Waals surface area contributed by atoms with Crippen LogP contribution in [-0.2, 0) is 11.8 Å². The molecule has 1 fully saturated rings. The molecule has 94 valence electrons. The number of carbonyl (C=O) groups is 1. The van der Waals surface area contributed by atoms with Gasteiger partial charge < -0.3 is 10.1 Å². The molecule has 2 rings (SSSR count). The lowest BCUT2D eigenvalue weighted by Gasteiger charge is -2.19. The predicted molar refractivity (Wildman–Crippen MR) is 64.1 cm³/mol. The SMILES string of the molecule is C[C@@H](NC(=O)c1c(Cl)cnn1C)[C@H]1CCCO1. The zero-order valence-electron chi connectivity index (χ0n) is 9.94. The third kappa shape index (κ3) is 2.61. The van der Waals surface area contributed by atoms with Crippen LogP contribution in [0.1, 0.15) is 30.3 Å². The first-order valence-electron chi connectivity index (χ1n) is 5.69. The maximum absolute atomic E-state index is 12.0. The van der Waals surface area contributed by atoms with Gasteiger partial charge in [-0.3, -0.25) is 9.48 Å². The van der Waals surface area contributed by atoms with Gasteiger partial charge in [0.05, 0.1) is 23.4 Å². The minimum absolute atomic E-state index is 0.0176. The van der Waals surface area contributed by atoms with Gasteiger partial charge in [0.25, 0.3) is 5.91 Å². The van der Waals surface area contributed by atoms with Crippen LogP contribution >= 0.6 is 11.6 Å². The molecule has 0 radical (unpaired) electrons. The van der Waals surface area contributed by atoms with Crippen LogP contribution in [-0.4, -0.2) is 34.4 Å². The summed E-state index contributed by atoms with van der Waals surface area (Å²) in [6, 6.07) is -0.0176. The molecular weight excluding hydrogens is 242 g/mol. The maximum atomic E-state index is 12.0. The van der Waals surface area contributed by atoms with E-state index in [1.807, 2.05) is 6.92 Å². The summed E-state index contributed by atoms with van der Waals surface area (Å²) in [5.74, 6) is -0.210. The highest BCUT2D eigenvalue weighted by Crippen LogP contribution is 2.17. The van der Waals surface area contributed by atoms with Gasteiger partial charge in [-0.05, 0) is 19.8 Å². The monoisotopic (exact) mass is 257 g/mol. The minimum Gasteiger partial charge on any atom is -0.376 e. The number of halogens is 1. The average molecular weight is 258 g/mol. The van der Waals surface area contributed by atoms with E-state index in [4.69, 9.17) is 16.3 Å². The fourth-order valence-corrected chi connectivity index (χ4v) is 2.28. The van der Waals surface area contributed by atoms with Crippen molar-refractivity contribution in [3.8, 4) is 0 Å². The summed E-state index contributed by atoms with van der Waals surface area (Å²) in [6.07, 6.45) is 3.61. The van der Waals surface area contributed by atoms with Crippen molar-refractivity contribution in [2.75, 3.05) is 6.61 Å². The van der Waals surface area contributed by atoms with Crippen molar-refractivity contribution in [2.24, 2.45) is 7.05 Å². The number of hydrogen-bond acceptors (Lipinski definition) is 3. The van der Waals surface area contributed by atoms with Gasteiger partial charge in [-0.25, -0.2) is 0 Å². The van der Waals surface area contributed by atoms with E-state index in [9.17, 15) is 4.79 Å². The maximum Gasteiger partial charge on any atom is 0.271 e. The normalized spacial score (nSPS) is 21.5. The Morgan fingerprint density at radius 2 is 2.53 bits per heavy atom. The van der Waals surface area contributed by atoms with E-state index in [0.717, 1.165) is 19.4 Å². The minimum atomic E-state index is -0.210. The van der Waals surface area contributed by atoms with Crippen molar-refractivity contribution in [3.63, 3.8) is 0 Å². The Morgan fingerprint density at radius 1 is 1.76 bits per heavy atom. The number of carbonyl (C=O) groups excluding carboxylic acids is 1. The van der Waals surface area contributed by atoms with Crippen molar-refractivity contribution < 1.29 is 9.53 Å². The Morgan fingerprint density at radius 3 is 3.06 bits per heavy atom. The van der Waals surface area contributed by atoms with Gasteiger partial charge in [0.2, 0.25) is 0 Å². The highest BCUT2D eigenvalue weighted by molar-refractivity contribution is 6.33. The lowest BCUT2D eigenvalue weighted by atomic mass is 10.1. The zero-order chi connectivity index (χ0) is 12.4. The zero-order valence-corrected chi connectivity index (χ0v) is 10.7. The first kappa shape index (κ1) is 12.4. The van der Waals surface area contributed by atoms with Gasteiger partial charge >= 0.3 is 0 Å². The number of ether oxygens (including phenoxy) is 1. The van der Waals surface area contributed by atoms with E-state index >= 15 is 0 Å². The molecule has 1 saturated heterocycles. The Balaban J connectivity index is 2.01. The van der Waals surface area contributed by atoms with Crippen LogP contribution in [0.2, 0.25) is 5.02 Å². The van der Waals surface area contributed by atoms with Gasteiger partial charge in [-0.1, -0.05) is 11.6 Å². The summed E-state index contributed by atoms with van der Waals surface area (Å²) in [4.78, 5) is 12.0. The second-order valence-electron chi connectivity index (χ2n) is 4.28. The van der Waals surface area contributed by atoms with Gasteiger partial charge in [0, 0.05) is 13.7 Å². The standard InChI is InChI=1S/C11H16ClN3O2/c1-7(9-4-3-5-17-9)14-11(16)10-8(12)6-13-15(10)2/h6-7,9H,3-5H2,1-2H3,(H,14,16)/t7-,9-/m1/s1. The number of aromatic nitrogens is 2. The van der Waals surface area contributed by atoms with Crippen LogP contribution in [0.4, 0.5) is 0 Å². The lowest BCUT2D eigenvalue weighted by molar-refractivity contribution is 0.0707. The molecule has 0 bridgehead atoms. The van der Waals surface area contributed by atoms with Crippen LogP contribution < -0.4 is 5.32 Å². The molecular formula is C11H16ClN3O2. The average Bonchev–Trinajstić information content (AvgIpc) is 2.88. The molecule has 1 aliphatic rings. The highest BCUT2D eigenvalue weighted by Gasteiger charge is 2.25. The second kappa shape index (κ2) is 5.06. The van der Waals surface area contributed by atoms with Crippen LogP contribution in [0.15, 0.2) is 6.20 Å². The molecule has 1 aliphatic heterocycles. The molecule has 6 heteroatoms. The number of aryl methyl sites for hydroxylation is 1. The van der Waals surface area contributed by atoms with Crippen LogP contribution in [0.5, 0.6) is 0 Å². The molecule has 1 aromatic heterocycles. The molecule has 1 amide bonds. The Hall–Kier alpha value is -1.07. The summed E-state index contributed by atoms with van der Waals surface area (Å²) in [6.45, 7) is 2.72. The Bertz CT molecular complexity index is 393. The van der Waals surface area contributed by atoms with Gasteiger partial charge in [0.1, 0.15) is 5.69 Å². The summed E-state index contributed by atoms with van der Waals surface area (Å²) in [5.41, 5.74) is 0.386. The molecule has 0 unspecified atom stereocenters. The molecule has 0 aliphatic carbocycles. The van der Waals surface area contributed by atoms with E-state index < -0.39 is 0 Å². The largest absolute Gasteiger partial charge is 0.376 e. The predicted octanol–water partition coefficient (Wildman–Crippen LogP) is 1.37. The van der Waals surface area contributed by atoms with Crippen molar-refractivity contribution in [1.82, 2.24) is 15.1 Å². The van der Waals surface area contributed by atoms with Crippen molar-refractivity contribution >= 4 is 17.5 Å². The third-order valence-electron chi connectivity index (χ3n) is 2.99. The van der Waals surface area contributed by atoms with E-state index in [2.05, 4.69) is 10.4 Å². The smallest absolute Gasteiger partial charge is 0.271 e. The van der Waals surface area contributed by atoms with E-state index in [1.165, 1.54) is 10.9 Å². The van der Waals surface area contributed by atoms with Crippen molar-refractivity contribution in [3.05, 3.63) is 16.9 Å². The van der Waals surface area contributed by atoms with Crippen molar-refractivity contribution in [2.45, 2.75) is 31.9 Å². The third-order valence-corrected chi connectivity index (χ3v) is 3.27. The number of nitrogens with one attached hydrogen (secondary N) is 1. The first-order valence-corrected chi connectivity index (χ1v) is 6.07. The molecule has 1 N–H and O–H groups in total. The molecule has 0 aromatic carbocycles. The molecule has 0 spiro atoms. The van der Waals surface area contributed by atoms with Crippen LogP contribution in [0.3, 0.4) is 0 Å². The lowest BCUT2D eigenvalue weighted by Crippen LogP contribution is -2.41. The summed E-state index contributed by atoms with van der Waals surface area (Å²) < 4.78 is 7.00. The number of hydrogen-bond donors (Lipinski definition) is 1. The molecule has 17 heavy (non-hydrogen) atoms. The Labute approximate surface area is 105 Å². The van der Waals surface area contributed by atoms with Gasteiger partial charge in [-0.15, -0.1) is 0 Å². The van der Waals surface area contributed by atoms with Gasteiger partial charge in [0.15, 0.2) is 0 Å². The topological polar surface area (TPSA) is 56.2 Å². The quantitative estimate of drug-likeness (QED) is 0.890. The molecule has 1 aromatic rings. The molecule has 0 saturated carbocycles. The van der Waals surface area contributed by atoms with Crippen molar-refractivity contribution in [1.29, 1.82) is 0 Å². The first-order chi connectivity index (χ1) is 8.09. The number of nitrogens with zero attached hydrogens (tertiary/aromatic N) is 2. The number of amides is 1. The molecule has 2 heterocycles. The highest BCUT2D eigenvalue weighted by atomic mass is 35.5. The summed E-state index contributed by atoms with van der Waals surface area (Å²) in [7, 11) is 1.69. The van der Waals surface area contributed by atoms with Crippen LogP contribution in [0.25, 0.3) is 0 Å².